The highest BCUT2D eigenvalue weighted by molar-refractivity contribution is 9.11. The number of likely N-dealkylation sites (N-methyl/N-ethyl adjacent to an activating group) is 1. The SMILES string of the molecule is CCN(Cc1ccc(Br)s1)C(=O)COC. The quantitative estimate of drug-likeness (QED) is 0.834. The summed E-state index contributed by atoms with van der Waals surface area (Å²) in [4.78, 5) is 14.5. The predicted molar refractivity (Wildman–Crippen MR) is 65.0 cm³/mol. The number of amides is 1. The zero-order valence-electron chi connectivity index (χ0n) is 8.83. The van der Waals surface area contributed by atoms with E-state index in [1.807, 2.05) is 19.1 Å². The summed E-state index contributed by atoms with van der Waals surface area (Å²) in [5, 5.41) is 0. The molecule has 1 aromatic heterocycles. The highest BCUT2D eigenvalue weighted by Crippen LogP contribution is 2.23. The highest BCUT2D eigenvalue weighted by Gasteiger charge is 2.12. The maximum absolute atomic E-state index is 11.6. The second-order valence-electron chi connectivity index (χ2n) is 3.05. The number of carbonyl (C=O) groups excluding carboxylic acids is 1. The van der Waals surface area contributed by atoms with Gasteiger partial charge in [-0.15, -0.1) is 11.3 Å². The number of hydrogen-bond acceptors (Lipinski definition) is 3. The van der Waals surface area contributed by atoms with Gasteiger partial charge in [0, 0.05) is 18.5 Å². The van der Waals surface area contributed by atoms with Crippen LogP contribution >= 0.6 is 27.3 Å². The predicted octanol–water partition coefficient (Wildman–Crippen LogP) is 2.51. The topological polar surface area (TPSA) is 29.5 Å². The van der Waals surface area contributed by atoms with Crippen LogP contribution in [0.15, 0.2) is 15.9 Å². The van der Waals surface area contributed by atoms with Crippen LogP contribution in [-0.2, 0) is 16.1 Å². The van der Waals surface area contributed by atoms with Crippen LogP contribution in [-0.4, -0.2) is 31.1 Å². The molecule has 0 fully saturated rings. The van der Waals surface area contributed by atoms with Crippen molar-refractivity contribution >= 4 is 33.2 Å². The zero-order chi connectivity index (χ0) is 11.3. The van der Waals surface area contributed by atoms with E-state index in [9.17, 15) is 4.79 Å². The molecule has 1 rings (SSSR count). The molecule has 3 nitrogen and oxygen atoms in total. The number of rotatable bonds is 5. The van der Waals surface area contributed by atoms with Crippen molar-refractivity contribution in [1.29, 1.82) is 0 Å². The molecule has 0 aromatic carbocycles. The van der Waals surface area contributed by atoms with Crippen molar-refractivity contribution in [1.82, 2.24) is 4.90 Å². The smallest absolute Gasteiger partial charge is 0.248 e. The van der Waals surface area contributed by atoms with Gasteiger partial charge in [0.05, 0.1) is 10.3 Å². The van der Waals surface area contributed by atoms with E-state index in [0.717, 1.165) is 3.79 Å². The molecule has 84 valence electrons. The van der Waals surface area contributed by atoms with Gasteiger partial charge in [-0.05, 0) is 35.0 Å². The Morgan fingerprint density at radius 2 is 2.33 bits per heavy atom. The van der Waals surface area contributed by atoms with E-state index in [-0.39, 0.29) is 12.5 Å². The van der Waals surface area contributed by atoms with Gasteiger partial charge in [0.25, 0.3) is 0 Å². The molecule has 0 spiro atoms. The van der Waals surface area contributed by atoms with Gasteiger partial charge < -0.3 is 9.64 Å². The second kappa shape index (κ2) is 6.25. The molecule has 0 aliphatic heterocycles. The first-order chi connectivity index (χ1) is 7.17. The van der Waals surface area contributed by atoms with Gasteiger partial charge in [0.2, 0.25) is 5.91 Å². The molecule has 0 radical (unpaired) electrons. The Labute approximate surface area is 102 Å². The first-order valence-corrected chi connectivity index (χ1v) is 6.29. The summed E-state index contributed by atoms with van der Waals surface area (Å²) in [7, 11) is 1.54. The first kappa shape index (κ1) is 12.7. The van der Waals surface area contributed by atoms with E-state index >= 15 is 0 Å². The fraction of sp³-hybridized carbons (Fsp3) is 0.500. The molecule has 1 aromatic rings. The number of methoxy groups -OCH3 is 1. The maximum atomic E-state index is 11.6. The van der Waals surface area contributed by atoms with Crippen molar-refractivity contribution < 1.29 is 9.53 Å². The standard InChI is InChI=1S/C10H14BrNO2S/c1-3-12(10(13)7-14-2)6-8-4-5-9(11)15-8/h4-5H,3,6-7H2,1-2H3. The van der Waals surface area contributed by atoms with Crippen molar-refractivity contribution in [3.8, 4) is 0 Å². The number of nitrogens with zero attached hydrogens (tertiary/aromatic N) is 1. The van der Waals surface area contributed by atoms with Gasteiger partial charge >= 0.3 is 0 Å². The average molecular weight is 292 g/mol. The van der Waals surface area contributed by atoms with E-state index in [1.165, 1.54) is 12.0 Å². The van der Waals surface area contributed by atoms with Crippen LogP contribution < -0.4 is 0 Å². The Balaban J connectivity index is 2.57. The summed E-state index contributed by atoms with van der Waals surface area (Å²) in [6, 6.07) is 4.02. The molecule has 0 unspecified atom stereocenters. The third-order valence-corrected chi connectivity index (χ3v) is 3.59. The van der Waals surface area contributed by atoms with E-state index in [1.54, 1.807) is 16.2 Å². The van der Waals surface area contributed by atoms with Gasteiger partial charge in [0.15, 0.2) is 0 Å². The highest BCUT2D eigenvalue weighted by atomic mass is 79.9. The third-order valence-electron chi connectivity index (χ3n) is 1.98. The van der Waals surface area contributed by atoms with Crippen molar-refractivity contribution in [2.75, 3.05) is 20.3 Å². The van der Waals surface area contributed by atoms with Gasteiger partial charge in [-0.2, -0.15) is 0 Å². The minimum Gasteiger partial charge on any atom is -0.375 e. The number of ether oxygens (including phenoxy) is 1. The summed E-state index contributed by atoms with van der Waals surface area (Å²) in [6.45, 7) is 3.49. The molecule has 0 aliphatic rings. The van der Waals surface area contributed by atoms with E-state index in [2.05, 4.69) is 15.9 Å². The van der Waals surface area contributed by atoms with Crippen molar-refractivity contribution in [3.05, 3.63) is 20.8 Å². The van der Waals surface area contributed by atoms with Crippen LogP contribution in [0.4, 0.5) is 0 Å². The van der Waals surface area contributed by atoms with Crippen LogP contribution in [0.5, 0.6) is 0 Å². The summed E-state index contributed by atoms with van der Waals surface area (Å²) in [5.74, 6) is 0.0320. The molecular weight excluding hydrogens is 278 g/mol. The van der Waals surface area contributed by atoms with Gasteiger partial charge in [-0.3, -0.25) is 4.79 Å². The Hall–Kier alpha value is -0.390. The largest absolute Gasteiger partial charge is 0.375 e. The second-order valence-corrected chi connectivity index (χ2v) is 5.59. The van der Waals surface area contributed by atoms with Gasteiger partial charge in [0.1, 0.15) is 6.61 Å². The van der Waals surface area contributed by atoms with Crippen molar-refractivity contribution in [2.24, 2.45) is 0 Å². The monoisotopic (exact) mass is 291 g/mol. The Kier molecular flexibility index (Phi) is 5.28. The molecule has 15 heavy (non-hydrogen) atoms. The molecule has 1 amide bonds. The molecule has 1 heterocycles. The van der Waals surface area contributed by atoms with Crippen LogP contribution in [0.2, 0.25) is 0 Å². The van der Waals surface area contributed by atoms with E-state index in [4.69, 9.17) is 4.74 Å². The van der Waals surface area contributed by atoms with Crippen LogP contribution in [0.25, 0.3) is 0 Å². The maximum Gasteiger partial charge on any atom is 0.248 e. The fourth-order valence-corrected chi connectivity index (χ4v) is 2.71. The lowest BCUT2D eigenvalue weighted by molar-refractivity contribution is -0.135. The molecule has 0 N–H and O–H groups in total. The normalized spacial score (nSPS) is 10.3. The third kappa shape index (κ3) is 3.93. The lowest BCUT2D eigenvalue weighted by atomic mass is 10.4. The number of carbonyl (C=O) groups is 1. The van der Waals surface area contributed by atoms with Gasteiger partial charge in [-0.1, -0.05) is 0 Å². The first-order valence-electron chi connectivity index (χ1n) is 4.68. The van der Waals surface area contributed by atoms with Crippen LogP contribution in [0.3, 0.4) is 0 Å². The molecule has 0 atom stereocenters. The van der Waals surface area contributed by atoms with E-state index < -0.39 is 0 Å². The average Bonchev–Trinajstić information content (AvgIpc) is 2.61. The molecule has 0 saturated heterocycles. The lowest BCUT2D eigenvalue weighted by Gasteiger charge is -2.19. The lowest BCUT2D eigenvalue weighted by Crippen LogP contribution is -2.32. The van der Waals surface area contributed by atoms with Crippen LogP contribution in [0, 0.1) is 0 Å². The summed E-state index contributed by atoms with van der Waals surface area (Å²) in [6.07, 6.45) is 0. The van der Waals surface area contributed by atoms with Crippen molar-refractivity contribution in [3.63, 3.8) is 0 Å². The van der Waals surface area contributed by atoms with E-state index in [0.29, 0.717) is 13.1 Å². The van der Waals surface area contributed by atoms with Gasteiger partial charge in [-0.25, -0.2) is 0 Å². The number of halogens is 1. The molecule has 0 aliphatic carbocycles. The Bertz CT molecular complexity index is 327. The zero-order valence-corrected chi connectivity index (χ0v) is 11.2. The number of thiophene rings is 1. The minimum atomic E-state index is 0.0320. The summed E-state index contributed by atoms with van der Waals surface area (Å²) < 4.78 is 5.92. The van der Waals surface area contributed by atoms with Crippen molar-refractivity contribution in [2.45, 2.75) is 13.5 Å². The molecular formula is C10H14BrNO2S. The number of hydrogen-bond donors (Lipinski definition) is 0. The summed E-state index contributed by atoms with van der Waals surface area (Å²) in [5.41, 5.74) is 0. The minimum absolute atomic E-state index is 0.0320. The fourth-order valence-electron chi connectivity index (χ4n) is 1.22. The Morgan fingerprint density at radius 3 is 2.80 bits per heavy atom. The van der Waals surface area contributed by atoms with Crippen LogP contribution in [0.1, 0.15) is 11.8 Å². The summed E-state index contributed by atoms with van der Waals surface area (Å²) >= 11 is 5.05. The molecule has 5 heteroatoms. The molecule has 0 saturated carbocycles. The Morgan fingerprint density at radius 1 is 1.60 bits per heavy atom. The molecule has 0 bridgehead atoms.